The van der Waals surface area contributed by atoms with Crippen LogP contribution in [0, 0.1) is 0 Å². The van der Waals surface area contributed by atoms with Crippen LogP contribution < -0.4 is 26.5 Å². The molecule has 0 spiro atoms. The van der Waals surface area contributed by atoms with E-state index in [1.165, 1.54) is 12.5 Å². The van der Waals surface area contributed by atoms with E-state index in [4.69, 9.17) is 5.73 Å². The number of rotatable bonds is 9. The summed E-state index contributed by atoms with van der Waals surface area (Å²) in [7, 11) is 0. The molecule has 27 heavy (non-hydrogen) atoms. The van der Waals surface area contributed by atoms with Crippen LogP contribution in [-0.2, 0) is 44.3 Å². The molecule has 0 aliphatic rings. The zero-order valence-electron chi connectivity index (χ0n) is 14.2. The smallest absolute Gasteiger partial charge is 0.548 e. The molecule has 0 unspecified atom stereocenters. The van der Waals surface area contributed by atoms with Crippen LogP contribution in [0.15, 0.2) is 42.9 Å². The molecule has 4 N–H and O–H groups in total. The number of carboxylic acid groups (broad SMARTS) is 1. The minimum atomic E-state index is -1.42. The summed E-state index contributed by atoms with van der Waals surface area (Å²) in [5, 5.41) is 16.3. The van der Waals surface area contributed by atoms with E-state index in [-0.39, 0.29) is 36.5 Å². The van der Waals surface area contributed by atoms with Gasteiger partial charge < -0.3 is 36.2 Å². The molecule has 2 rings (SSSR count). The molecule has 1 heterocycles. The minimum Gasteiger partial charge on any atom is -0.548 e. The fourth-order valence-corrected chi connectivity index (χ4v) is 2.35. The molecule has 147 valence electrons. The quantitative estimate of drug-likeness (QED) is 0.379. The fraction of sp³-hybridized carbons (Fsp3) is 0.294. The van der Waals surface area contributed by atoms with E-state index in [0.717, 1.165) is 5.56 Å². The number of aromatic nitrogens is 2. The molecule has 0 saturated carbocycles. The van der Waals surface area contributed by atoms with Crippen molar-refractivity contribution in [2.75, 3.05) is 6.54 Å². The maximum absolute atomic E-state index is 12.5. The molecule has 0 fully saturated rings. The van der Waals surface area contributed by atoms with E-state index in [1.807, 2.05) is 0 Å². The Hall–Kier alpha value is -2.68. The van der Waals surface area contributed by atoms with Crippen LogP contribution in [0.3, 0.4) is 0 Å². The maximum atomic E-state index is 12.5. The molecule has 0 aliphatic heterocycles. The maximum Gasteiger partial charge on any atom is 2.00 e. The van der Waals surface area contributed by atoms with Crippen molar-refractivity contribution >= 4 is 17.8 Å². The SMILES string of the molecule is NCC(=O)N[C@@H](Cc1c[n-]cn1)C(=O)N[C@@H](Cc1ccccc1)C(=O)[O-].[Cu+2]. The molecule has 2 aromatic rings. The van der Waals surface area contributed by atoms with Crippen molar-refractivity contribution in [3.8, 4) is 0 Å². The molecule has 9 nitrogen and oxygen atoms in total. The van der Waals surface area contributed by atoms with Crippen molar-refractivity contribution in [3.63, 3.8) is 0 Å². The van der Waals surface area contributed by atoms with E-state index >= 15 is 0 Å². The van der Waals surface area contributed by atoms with Crippen molar-refractivity contribution in [2.45, 2.75) is 24.9 Å². The number of nitrogens with two attached hydrogens (primary N) is 1. The number of carboxylic acids is 1. The molecule has 2 amide bonds. The Balaban J connectivity index is 0.00000364. The summed E-state index contributed by atoms with van der Waals surface area (Å²) in [4.78, 5) is 43.3. The molecular formula is C17H19CuN5O4. The number of carbonyl (C=O) groups excluding carboxylic acids is 3. The summed E-state index contributed by atoms with van der Waals surface area (Å²) < 4.78 is 0. The first kappa shape index (κ1) is 22.4. The molecule has 1 aromatic heterocycles. The molecule has 2 atom stereocenters. The normalized spacial score (nSPS) is 12.3. The van der Waals surface area contributed by atoms with Crippen LogP contribution in [0.1, 0.15) is 11.3 Å². The van der Waals surface area contributed by atoms with E-state index in [1.54, 1.807) is 30.3 Å². The number of hydrogen-bond donors (Lipinski definition) is 3. The Morgan fingerprint density at radius 3 is 2.37 bits per heavy atom. The van der Waals surface area contributed by atoms with Crippen LogP contribution in [0.5, 0.6) is 0 Å². The second-order valence-electron chi connectivity index (χ2n) is 5.61. The summed E-state index contributed by atoms with van der Waals surface area (Å²) in [6.45, 7) is -0.301. The average molecular weight is 421 g/mol. The number of amides is 2. The monoisotopic (exact) mass is 420 g/mol. The third-order valence-corrected chi connectivity index (χ3v) is 3.65. The second kappa shape index (κ2) is 11.1. The fourth-order valence-electron chi connectivity index (χ4n) is 2.35. The minimum absolute atomic E-state index is 0. The van der Waals surface area contributed by atoms with Gasteiger partial charge in [-0.25, -0.2) is 0 Å². The number of nitrogens with one attached hydrogen (secondary N) is 2. The van der Waals surface area contributed by atoms with E-state index < -0.39 is 29.9 Å². The summed E-state index contributed by atoms with van der Waals surface area (Å²) in [5.41, 5.74) is 6.48. The van der Waals surface area contributed by atoms with Crippen molar-refractivity contribution in [1.82, 2.24) is 20.6 Å². The van der Waals surface area contributed by atoms with Gasteiger partial charge in [-0.05, 0) is 18.4 Å². The first-order valence-corrected chi connectivity index (χ1v) is 7.95. The van der Waals surface area contributed by atoms with Gasteiger partial charge >= 0.3 is 17.1 Å². The van der Waals surface area contributed by atoms with Crippen LogP contribution in [0.2, 0.25) is 0 Å². The molecule has 0 bridgehead atoms. The summed E-state index contributed by atoms with van der Waals surface area (Å²) in [6, 6.07) is 6.55. The van der Waals surface area contributed by atoms with Gasteiger partial charge in [0, 0.05) is 0 Å². The molecule has 10 heteroatoms. The van der Waals surface area contributed by atoms with Gasteiger partial charge in [0.1, 0.15) is 6.04 Å². The van der Waals surface area contributed by atoms with Gasteiger partial charge in [0.2, 0.25) is 11.8 Å². The van der Waals surface area contributed by atoms with Gasteiger partial charge in [-0.2, -0.15) is 0 Å². The Morgan fingerprint density at radius 2 is 1.81 bits per heavy atom. The van der Waals surface area contributed by atoms with Crippen LogP contribution in [0.4, 0.5) is 0 Å². The number of benzene rings is 1. The van der Waals surface area contributed by atoms with Gasteiger partial charge in [-0.3, -0.25) is 9.59 Å². The van der Waals surface area contributed by atoms with Crippen LogP contribution in [-0.4, -0.2) is 41.4 Å². The molecule has 0 aliphatic carbocycles. The van der Waals surface area contributed by atoms with Gasteiger partial charge in [-0.15, -0.1) is 0 Å². The van der Waals surface area contributed by atoms with Gasteiger partial charge in [0.15, 0.2) is 0 Å². The van der Waals surface area contributed by atoms with Crippen molar-refractivity contribution in [3.05, 3.63) is 54.1 Å². The van der Waals surface area contributed by atoms with Gasteiger partial charge in [-0.1, -0.05) is 48.5 Å². The van der Waals surface area contributed by atoms with E-state index in [9.17, 15) is 19.5 Å². The van der Waals surface area contributed by atoms with Crippen LogP contribution >= 0.6 is 0 Å². The first-order chi connectivity index (χ1) is 12.5. The van der Waals surface area contributed by atoms with Gasteiger partial charge in [0.05, 0.1) is 18.6 Å². The third kappa shape index (κ3) is 7.22. The Labute approximate surface area is 166 Å². The number of aliphatic carboxylic acids is 1. The molecule has 1 aromatic carbocycles. The largest absolute Gasteiger partial charge is 2.00 e. The zero-order valence-corrected chi connectivity index (χ0v) is 15.2. The molecule has 0 saturated heterocycles. The topological polar surface area (TPSA) is 151 Å². The van der Waals surface area contributed by atoms with E-state index in [0.29, 0.717) is 5.69 Å². The second-order valence-corrected chi connectivity index (χ2v) is 5.61. The molecular weight excluding hydrogens is 402 g/mol. The summed E-state index contributed by atoms with van der Waals surface area (Å²) in [5.74, 6) is -2.63. The Morgan fingerprint density at radius 1 is 1.11 bits per heavy atom. The van der Waals surface area contributed by atoms with Crippen LogP contribution in [0.25, 0.3) is 0 Å². The summed E-state index contributed by atoms with van der Waals surface area (Å²) in [6.07, 6.45) is 2.88. The number of nitrogens with zero attached hydrogens (tertiary/aromatic N) is 2. The number of imidazole rings is 1. The van der Waals surface area contributed by atoms with Gasteiger partial charge in [0.25, 0.3) is 0 Å². The van der Waals surface area contributed by atoms with E-state index in [2.05, 4.69) is 20.6 Å². The first-order valence-electron chi connectivity index (χ1n) is 7.95. The Bertz CT molecular complexity index is 739. The molecule has 1 radical (unpaired) electrons. The predicted molar refractivity (Wildman–Crippen MR) is 89.3 cm³/mol. The standard InChI is InChI=1S/C17H21N5O4.Cu/c18-8-15(23)21-13(7-12-9-19-10-20-12)16(24)22-14(17(25)26)6-11-4-2-1-3-5-11;/h1-5,9-10,13-14H,6-8,18H2,(H4,19,20,21,22,23,24,25,26);/q;+2/p-2/t13-,14-;/m0./s1. The van der Waals surface area contributed by atoms with Crippen molar-refractivity contribution in [1.29, 1.82) is 0 Å². The van der Waals surface area contributed by atoms with Crippen molar-refractivity contribution < 1.29 is 36.6 Å². The Kier molecular flexibility index (Phi) is 9.21. The third-order valence-electron chi connectivity index (χ3n) is 3.65. The summed E-state index contributed by atoms with van der Waals surface area (Å²) >= 11 is 0. The average Bonchev–Trinajstić information content (AvgIpc) is 3.14. The number of carbonyl (C=O) groups is 3. The predicted octanol–water partition coefficient (Wildman–Crippen LogP) is -2.50. The van der Waals surface area contributed by atoms with Crippen molar-refractivity contribution in [2.24, 2.45) is 5.73 Å². The zero-order chi connectivity index (χ0) is 18.9. The number of hydrogen-bond acceptors (Lipinski definition) is 6.